The maximum atomic E-state index is 13.1. The van der Waals surface area contributed by atoms with Crippen LogP contribution >= 0.6 is 23.3 Å². The Bertz CT molecular complexity index is 1750. The van der Waals surface area contributed by atoms with Crippen molar-refractivity contribution in [1.29, 1.82) is 5.26 Å². The molecule has 15 nitrogen and oxygen atoms in total. The van der Waals surface area contributed by atoms with Crippen LogP contribution in [0.2, 0.25) is 0 Å². The van der Waals surface area contributed by atoms with Crippen molar-refractivity contribution in [2.24, 2.45) is 4.99 Å². The van der Waals surface area contributed by atoms with Gasteiger partial charge in [-0.1, -0.05) is 24.3 Å². The quantitative estimate of drug-likeness (QED) is 0.0849. The van der Waals surface area contributed by atoms with Gasteiger partial charge in [-0.25, -0.2) is 14.9 Å². The van der Waals surface area contributed by atoms with Gasteiger partial charge in [0, 0.05) is 41.8 Å². The van der Waals surface area contributed by atoms with Crippen molar-refractivity contribution in [2.45, 2.75) is 31.3 Å². The average Bonchev–Trinajstić information content (AvgIpc) is 3.60. The minimum Gasteiger partial charge on any atom is -0.477 e. The number of carboxylic acid groups (broad SMARTS) is 1. The van der Waals surface area contributed by atoms with Crippen LogP contribution in [0.25, 0.3) is 11.1 Å². The Balaban J connectivity index is 1.27. The molecule has 2 aromatic heterocycles. The molecule has 1 fully saturated rings. The van der Waals surface area contributed by atoms with E-state index >= 15 is 0 Å². The van der Waals surface area contributed by atoms with Crippen LogP contribution in [0.5, 0.6) is 0 Å². The summed E-state index contributed by atoms with van der Waals surface area (Å²) in [7, 11) is 1.40. The van der Waals surface area contributed by atoms with Crippen LogP contribution in [0.15, 0.2) is 46.7 Å². The molecule has 5 rings (SSSR count). The number of aliphatic imine (C=N–C) groups is 1. The molecule has 0 spiro atoms. The molecule has 4 heterocycles. The number of anilines is 1. The van der Waals surface area contributed by atoms with Crippen molar-refractivity contribution >= 4 is 58.0 Å². The van der Waals surface area contributed by atoms with Crippen molar-refractivity contribution in [3.05, 3.63) is 64.4 Å². The van der Waals surface area contributed by atoms with Gasteiger partial charge >= 0.3 is 12.0 Å². The normalized spacial score (nSPS) is 17.8. The smallest absolute Gasteiger partial charge is 0.352 e. The highest BCUT2D eigenvalue weighted by Crippen LogP contribution is 2.41. The van der Waals surface area contributed by atoms with Gasteiger partial charge in [0.1, 0.15) is 17.1 Å². The molecular weight excluding hydrogens is 608 g/mol. The lowest BCUT2D eigenvalue weighted by molar-refractivity contribution is -0.150. The van der Waals surface area contributed by atoms with Crippen molar-refractivity contribution < 1.29 is 24.3 Å². The maximum absolute atomic E-state index is 13.1. The summed E-state index contributed by atoms with van der Waals surface area (Å²) in [6, 6.07) is 6.11. The van der Waals surface area contributed by atoms with Crippen molar-refractivity contribution in [1.82, 2.24) is 35.2 Å². The number of nitriles is 1. The Labute approximate surface area is 258 Å². The zero-order valence-electron chi connectivity index (χ0n) is 23.4. The van der Waals surface area contributed by atoms with Crippen LogP contribution in [-0.2, 0) is 27.3 Å². The first-order chi connectivity index (χ1) is 21.1. The lowest BCUT2D eigenvalue weighted by Crippen LogP contribution is -2.71. The fourth-order valence-electron chi connectivity index (χ4n) is 5.00. The number of aliphatic carboxylic acids is 1. The van der Waals surface area contributed by atoms with Gasteiger partial charge < -0.3 is 26.5 Å². The average molecular weight is 635 g/mol. The van der Waals surface area contributed by atoms with Crippen molar-refractivity contribution in [2.75, 3.05) is 18.5 Å². The van der Waals surface area contributed by atoms with E-state index < -0.39 is 35.2 Å². The first-order valence-corrected chi connectivity index (χ1v) is 14.9. The van der Waals surface area contributed by atoms with E-state index in [0.29, 0.717) is 17.7 Å². The predicted octanol–water partition coefficient (Wildman–Crippen LogP) is 1.10. The summed E-state index contributed by atoms with van der Waals surface area (Å²) in [4.78, 5) is 62.1. The van der Waals surface area contributed by atoms with Crippen LogP contribution in [0.4, 0.5) is 9.93 Å². The van der Waals surface area contributed by atoms with E-state index in [-0.39, 0.29) is 28.9 Å². The van der Waals surface area contributed by atoms with Gasteiger partial charge in [0.25, 0.3) is 11.8 Å². The first kappa shape index (κ1) is 30.3. The summed E-state index contributed by atoms with van der Waals surface area (Å²) < 4.78 is 3.99. The second-order valence-electron chi connectivity index (χ2n) is 9.75. The highest BCUT2D eigenvalue weighted by atomic mass is 32.2. The molecule has 1 saturated heterocycles. The number of hydrogen-bond donors (Lipinski definition) is 6. The number of nitrogens with one attached hydrogen (secondary N) is 4. The third-order valence-corrected chi connectivity index (χ3v) is 9.04. The molecule has 0 saturated carbocycles. The SMILES string of the molecule is CN=C(C(=O)NC1C(=O)N2C(C(=O)O)=C(Cc3ccc(-c4c[nH]c(CNC(=O)NC#N)c4C)cc3)CSC12)c1nsc(N)n1. The van der Waals surface area contributed by atoms with E-state index in [0.717, 1.165) is 39.5 Å². The lowest BCUT2D eigenvalue weighted by Gasteiger charge is -2.49. The standard InChI is InChI=1S/C27H26N10O5S2/c1-12-16(8-31-17(12)9-32-27(42)33-11-28)14-5-3-13(4-6-14)7-15-10-43-24-19(23(39)37(24)20(15)25(40)41)34-22(38)18(30-2)21-35-26(29)44-36-21/h3-6,8,19,24,31H,7,9-10H2,1-2H3,(H,34,38)(H,40,41)(H2,29,35,36)(H2,32,33,42). The maximum Gasteiger partial charge on any atom is 0.352 e. The second-order valence-corrected chi connectivity index (χ2v) is 11.6. The van der Waals surface area contributed by atoms with E-state index in [1.807, 2.05) is 42.7 Å². The number of rotatable bonds is 9. The van der Waals surface area contributed by atoms with Crippen LogP contribution in [0.1, 0.15) is 22.6 Å². The van der Waals surface area contributed by atoms with Crippen molar-refractivity contribution in [3.63, 3.8) is 0 Å². The van der Waals surface area contributed by atoms with E-state index in [4.69, 9.17) is 11.0 Å². The number of aromatic nitrogens is 3. The minimum atomic E-state index is -1.22. The Morgan fingerprint density at radius 3 is 2.68 bits per heavy atom. The summed E-state index contributed by atoms with van der Waals surface area (Å²) in [6.45, 7) is 2.13. The van der Waals surface area contributed by atoms with Crippen LogP contribution in [0, 0.1) is 18.4 Å². The molecule has 2 atom stereocenters. The topological polar surface area (TPSA) is 232 Å². The summed E-state index contributed by atoms with van der Waals surface area (Å²) in [5.74, 6) is -1.99. The number of carboxylic acids is 1. The third kappa shape index (κ3) is 5.85. The number of carbonyl (C=O) groups is 4. The Hall–Kier alpha value is -5.21. The largest absolute Gasteiger partial charge is 0.477 e. The van der Waals surface area contributed by atoms with Gasteiger partial charge in [-0.3, -0.25) is 19.5 Å². The fraction of sp³-hybridized carbons (Fsp3) is 0.259. The van der Waals surface area contributed by atoms with E-state index in [1.165, 1.54) is 23.7 Å². The van der Waals surface area contributed by atoms with Gasteiger partial charge in [0.05, 0.1) is 6.54 Å². The zero-order chi connectivity index (χ0) is 31.5. The summed E-state index contributed by atoms with van der Waals surface area (Å²) in [5.41, 5.74) is 10.5. The molecule has 17 heteroatoms. The fourth-order valence-corrected chi connectivity index (χ4v) is 6.78. The van der Waals surface area contributed by atoms with Gasteiger partial charge in [-0.2, -0.15) is 14.6 Å². The molecule has 0 aliphatic carbocycles. The number of nitrogens with two attached hydrogens (primary N) is 1. The Morgan fingerprint density at radius 2 is 2.05 bits per heavy atom. The Morgan fingerprint density at radius 1 is 1.30 bits per heavy atom. The molecule has 7 N–H and O–H groups in total. The van der Waals surface area contributed by atoms with Gasteiger partial charge in [-0.15, -0.1) is 11.8 Å². The number of aromatic amines is 1. The first-order valence-electron chi connectivity index (χ1n) is 13.1. The molecule has 0 radical (unpaired) electrons. The van der Waals surface area contributed by atoms with Crippen molar-refractivity contribution in [3.8, 4) is 17.3 Å². The van der Waals surface area contributed by atoms with Gasteiger partial charge in [-0.05, 0) is 35.6 Å². The predicted molar refractivity (Wildman–Crippen MR) is 162 cm³/mol. The second kappa shape index (κ2) is 12.6. The van der Waals surface area contributed by atoms with E-state index in [9.17, 15) is 24.3 Å². The number of hydrogen-bond acceptors (Lipinski definition) is 11. The van der Waals surface area contributed by atoms with Crippen LogP contribution < -0.4 is 21.7 Å². The minimum absolute atomic E-state index is 0.0528. The zero-order valence-corrected chi connectivity index (χ0v) is 25.0. The number of benzene rings is 1. The third-order valence-electron chi connectivity index (χ3n) is 7.15. The summed E-state index contributed by atoms with van der Waals surface area (Å²) in [5, 5.41) is 25.4. The summed E-state index contributed by atoms with van der Waals surface area (Å²) in [6.07, 6.45) is 3.72. The van der Waals surface area contributed by atoms with Gasteiger partial charge in [0.2, 0.25) is 0 Å². The molecule has 226 valence electrons. The molecule has 3 aromatic rings. The lowest BCUT2D eigenvalue weighted by atomic mass is 9.97. The number of H-pyrrole nitrogens is 1. The highest BCUT2D eigenvalue weighted by Gasteiger charge is 2.54. The molecule has 2 aliphatic heterocycles. The number of urea groups is 1. The molecule has 0 bridgehead atoms. The van der Waals surface area contributed by atoms with Gasteiger partial charge in [0.15, 0.2) is 22.9 Å². The molecule has 4 amide bonds. The number of β-lactam (4-membered cyclic amide) rings is 1. The molecule has 2 unspecified atom stereocenters. The Kier molecular flexibility index (Phi) is 8.64. The van der Waals surface area contributed by atoms with E-state index in [2.05, 4.69) is 30.0 Å². The number of amides is 4. The molecule has 44 heavy (non-hydrogen) atoms. The van der Waals surface area contributed by atoms with Crippen LogP contribution in [-0.4, -0.2) is 78.1 Å². The number of thioether (sulfide) groups is 1. The molecule has 2 aliphatic rings. The summed E-state index contributed by atoms with van der Waals surface area (Å²) >= 11 is 2.29. The van der Waals surface area contributed by atoms with Crippen LogP contribution in [0.3, 0.4) is 0 Å². The monoisotopic (exact) mass is 634 g/mol. The van der Waals surface area contributed by atoms with E-state index in [1.54, 1.807) is 6.19 Å². The number of carbonyl (C=O) groups excluding carboxylic acids is 3. The number of nitrogens with zero attached hydrogens (tertiary/aromatic N) is 5. The molecule has 1 aromatic carbocycles. The number of nitrogen functional groups attached to an aromatic ring is 1. The highest BCUT2D eigenvalue weighted by molar-refractivity contribution is 8.00. The number of fused-ring (bicyclic) bond motifs is 1. The molecular formula is C27H26N10O5S2.